The summed E-state index contributed by atoms with van der Waals surface area (Å²) in [5.41, 5.74) is 2.13. The zero-order valence-electron chi connectivity index (χ0n) is 12.5. The monoisotopic (exact) mass is 307 g/mol. The summed E-state index contributed by atoms with van der Waals surface area (Å²) in [6.45, 7) is 7.35. The second kappa shape index (κ2) is 8.94. The molecule has 1 aromatic carbocycles. The minimum Gasteiger partial charge on any atom is -0.492 e. The molecule has 0 spiro atoms. The minimum absolute atomic E-state index is 0.578. The second-order valence-corrected chi connectivity index (χ2v) is 5.40. The third-order valence-electron chi connectivity index (χ3n) is 3.40. The maximum Gasteiger partial charge on any atom is 0.122 e. The molecule has 0 aromatic heterocycles. The molecule has 0 amide bonds. The van der Waals surface area contributed by atoms with Crippen molar-refractivity contribution >= 4 is 11.6 Å². The van der Waals surface area contributed by atoms with Crippen LogP contribution in [0.5, 0.6) is 5.75 Å². The smallest absolute Gasteiger partial charge is 0.122 e. The van der Waals surface area contributed by atoms with Gasteiger partial charge in [0.25, 0.3) is 0 Å². The zero-order chi connectivity index (χ0) is 14.9. The number of rotatable bonds is 5. The summed E-state index contributed by atoms with van der Waals surface area (Å²) < 4.78 is 11.2. The first-order valence-electron chi connectivity index (χ1n) is 7.38. The standard InChI is InChI=1S/C17H22ClNO2/c1-15-14-16(4-2-3-7-18)5-6-17(15)21-13-10-19-8-11-20-12-9-19/h5-6,14H,3,7-13H2,1H3. The van der Waals surface area contributed by atoms with Crippen LogP contribution in [0, 0.1) is 18.8 Å². The van der Waals surface area contributed by atoms with Crippen LogP contribution < -0.4 is 4.74 Å². The van der Waals surface area contributed by atoms with Crippen LogP contribution in [0.15, 0.2) is 18.2 Å². The van der Waals surface area contributed by atoms with Gasteiger partial charge in [-0.1, -0.05) is 11.8 Å². The van der Waals surface area contributed by atoms with Crippen molar-refractivity contribution in [3.8, 4) is 17.6 Å². The van der Waals surface area contributed by atoms with Crippen LogP contribution in [0.1, 0.15) is 17.5 Å². The lowest BCUT2D eigenvalue weighted by atomic mass is 10.1. The number of hydrogen-bond acceptors (Lipinski definition) is 3. The average molecular weight is 308 g/mol. The van der Waals surface area contributed by atoms with Crippen molar-refractivity contribution in [3.63, 3.8) is 0 Å². The van der Waals surface area contributed by atoms with Crippen LogP contribution in [-0.2, 0) is 4.74 Å². The number of ether oxygens (including phenoxy) is 2. The van der Waals surface area contributed by atoms with Crippen LogP contribution in [0.4, 0.5) is 0 Å². The molecule has 0 N–H and O–H groups in total. The van der Waals surface area contributed by atoms with Gasteiger partial charge in [-0.2, -0.15) is 0 Å². The minimum atomic E-state index is 0.578. The lowest BCUT2D eigenvalue weighted by molar-refractivity contribution is 0.0322. The average Bonchev–Trinajstić information content (AvgIpc) is 2.51. The maximum absolute atomic E-state index is 5.87. The van der Waals surface area contributed by atoms with Gasteiger partial charge in [-0.25, -0.2) is 0 Å². The number of alkyl halides is 1. The van der Waals surface area contributed by atoms with Gasteiger partial charge in [0, 0.05) is 37.5 Å². The van der Waals surface area contributed by atoms with E-state index in [-0.39, 0.29) is 0 Å². The Morgan fingerprint density at radius 1 is 1.33 bits per heavy atom. The van der Waals surface area contributed by atoms with Gasteiger partial charge in [-0.15, -0.1) is 11.6 Å². The fourth-order valence-electron chi connectivity index (χ4n) is 2.21. The molecule has 1 fully saturated rings. The lowest BCUT2D eigenvalue weighted by Crippen LogP contribution is -2.38. The molecule has 3 nitrogen and oxygen atoms in total. The molecule has 114 valence electrons. The van der Waals surface area contributed by atoms with Crippen LogP contribution in [0.2, 0.25) is 0 Å². The summed E-state index contributed by atoms with van der Waals surface area (Å²) >= 11 is 5.61. The quantitative estimate of drug-likeness (QED) is 0.617. The van der Waals surface area contributed by atoms with Gasteiger partial charge < -0.3 is 9.47 Å². The Hall–Kier alpha value is -1.21. The van der Waals surface area contributed by atoms with E-state index in [4.69, 9.17) is 21.1 Å². The molecule has 0 aliphatic carbocycles. The van der Waals surface area contributed by atoms with Crippen LogP contribution in [0.3, 0.4) is 0 Å². The molecule has 1 heterocycles. The Labute approximate surface area is 132 Å². The van der Waals surface area contributed by atoms with E-state index in [9.17, 15) is 0 Å². The van der Waals surface area contributed by atoms with Gasteiger partial charge in [0.15, 0.2) is 0 Å². The molecule has 4 heteroatoms. The number of morpholine rings is 1. The van der Waals surface area contributed by atoms with Gasteiger partial charge in [0.1, 0.15) is 12.4 Å². The van der Waals surface area contributed by atoms with Gasteiger partial charge in [-0.3, -0.25) is 4.90 Å². The molecule has 21 heavy (non-hydrogen) atoms. The molecular formula is C17H22ClNO2. The van der Waals surface area contributed by atoms with E-state index in [0.717, 1.165) is 56.1 Å². The summed E-state index contributed by atoms with van der Waals surface area (Å²) in [5, 5.41) is 0. The van der Waals surface area contributed by atoms with Crippen molar-refractivity contribution in [1.29, 1.82) is 0 Å². The molecule has 1 aliphatic rings. The summed E-state index contributed by atoms with van der Waals surface area (Å²) in [6.07, 6.45) is 0.721. The SMILES string of the molecule is Cc1cc(C#CCCCl)ccc1OCCN1CCOCC1. The Balaban J connectivity index is 1.82. The molecule has 0 saturated carbocycles. The largest absolute Gasteiger partial charge is 0.492 e. The highest BCUT2D eigenvalue weighted by atomic mass is 35.5. The molecule has 2 rings (SSSR count). The maximum atomic E-state index is 5.87. The van der Waals surface area contributed by atoms with Crippen LogP contribution in [0.25, 0.3) is 0 Å². The number of hydrogen-bond donors (Lipinski definition) is 0. The summed E-state index contributed by atoms with van der Waals surface area (Å²) in [6, 6.07) is 6.06. The molecule has 0 unspecified atom stereocenters. The highest BCUT2D eigenvalue weighted by Gasteiger charge is 2.10. The fraction of sp³-hybridized carbons (Fsp3) is 0.529. The van der Waals surface area contributed by atoms with Crippen molar-refractivity contribution in [3.05, 3.63) is 29.3 Å². The zero-order valence-corrected chi connectivity index (χ0v) is 13.3. The topological polar surface area (TPSA) is 21.7 Å². The van der Waals surface area contributed by atoms with Crippen LogP contribution in [-0.4, -0.2) is 50.2 Å². The van der Waals surface area contributed by atoms with E-state index >= 15 is 0 Å². The van der Waals surface area contributed by atoms with E-state index in [0.29, 0.717) is 12.5 Å². The van der Waals surface area contributed by atoms with Crippen molar-refractivity contribution in [2.75, 3.05) is 45.3 Å². The van der Waals surface area contributed by atoms with Gasteiger partial charge in [-0.05, 0) is 30.7 Å². The van der Waals surface area contributed by atoms with E-state index in [1.807, 2.05) is 12.1 Å². The van der Waals surface area contributed by atoms with Crippen molar-refractivity contribution in [2.24, 2.45) is 0 Å². The number of nitrogens with zero attached hydrogens (tertiary/aromatic N) is 1. The second-order valence-electron chi connectivity index (χ2n) is 5.02. The predicted molar refractivity (Wildman–Crippen MR) is 86.1 cm³/mol. The molecular weight excluding hydrogens is 286 g/mol. The first kappa shape index (κ1) is 16.2. The predicted octanol–water partition coefficient (Wildman–Crippen LogP) is 2.69. The van der Waals surface area contributed by atoms with E-state index in [1.54, 1.807) is 0 Å². The normalized spacial score (nSPS) is 15.3. The molecule has 0 radical (unpaired) electrons. The molecule has 1 aliphatic heterocycles. The van der Waals surface area contributed by atoms with Gasteiger partial charge >= 0.3 is 0 Å². The number of halogens is 1. The molecule has 0 bridgehead atoms. The van der Waals surface area contributed by atoms with Gasteiger partial charge in [0.2, 0.25) is 0 Å². The molecule has 1 aromatic rings. The number of benzene rings is 1. The Bertz CT molecular complexity index is 501. The van der Waals surface area contributed by atoms with E-state index in [1.165, 1.54) is 0 Å². The van der Waals surface area contributed by atoms with E-state index in [2.05, 4.69) is 29.7 Å². The fourth-order valence-corrected chi connectivity index (χ4v) is 2.30. The third-order valence-corrected chi connectivity index (χ3v) is 3.58. The first-order valence-corrected chi connectivity index (χ1v) is 7.91. The number of aryl methyl sites for hydroxylation is 1. The van der Waals surface area contributed by atoms with Crippen molar-refractivity contribution < 1.29 is 9.47 Å². The Morgan fingerprint density at radius 2 is 2.14 bits per heavy atom. The summed E-state index contributed by atoms with van der Waals surface area (Å²) in [7, 11) is 0. The third kappa shape index (κ3) is 5.59. The summed E-state index contributed by atoms with van der Waals surface area (Å²) in [4.78, 5) is 2.37. The molecule has 0 atom stereocenters. The van der Waals surface area contributed by atoms with Crippen molar-refractivity contribution in [1.82, 2.24) is 4.90 Å². The Kier molecular flexibility index (Phi) is 6.88. The highest BCUT2D eigenvalue weighted by molar-refractivity contribution is 6.18. The molecule has 1 saturated heterocycles. The summed E-state index contributed by atoms with van der Waals surface area (Å²) in [5.74, 6) is 7.67. The highest BCUT2D eigenvalue weighted by Crippen LogP contribution is 2.18. The lowest BCUT2D eigenvalue weighted by Gasteiger charge is -2.26. The van der Waals surface area contributed by atoms with Crippen molar-refractivity contribution in [2.45, 2.75) is 13.3 Å². The first-order chi connectivity index (χ1) is 10.3. The van der Waals surface area contributed by atoms with Crippen LogP contribution >= 0.6 is 11.6 Å². The Morgan fingerprint density at radius 3 is 2.86 bits per heavy atom. The van der Waals surface area contributed by atoms with Gasteiger partial charge in [0.05, 0.1) is 13.2 Å². The van der Waals surface area contributed by atoms with E-state index < -0.39 is 0 Å².